The fraction of sp³-hybridized carbons (Fsp3) is 0.619. The monoisotopic (exact) mass is 442 g/mol. The summed E-state index contributed by atoms with van der Waals surface area (Å²) in [5.74, 6) is 0.522. The van der Waals surface area contributed by atoms with E-state index in [0.717, 1.165) is 0 Å². The molecule has 30 heavy (non-hydrogen) atoms. The molecule has 6 nitrogen and oxygen atoms in total. The van der Waals surface area contributed by atoms with Crippen LogP contribution in [0.5, 0.6) is 5.75 Å². The second-order valence-corrected chi connectivity index (χ2v) is 10.8. The van der Waals surface area contributed by atoms with Crippen LogP contribution in [-0.4, -0.2) is 71.0 Å². The highest BCUT2D eigenvalue weighted by atomic mass is 32.2. The minimum Gasteiger partial charge on any atom is -0.483 e. The van der Waals surface area contributed by atoms with Crippen molar-refractivity contribution in [2.75, 3.05) is 26.0 Å². The first kappa shape index (κ1) is 21.5. The number of nitrogens with one attached hydrogen (secondary N) is 1. The van der Waals surface area contributed by atoms with Crippen LogP contribution in [0.25, 0.3) is 0 Å². The third kappa shape index (κ3) is 4.48. The van der Waals surface area contributed by atoms with E-state index in [-0.39, 0.29) is 43.9 Å². The number of carbonyl (C=O) groups is 1. The molecular formula is C21H28F2N2O4S. The van der Waals surface area contributed by atoms with Gasteiger partial charge in [-0.05, 0) is 42.7 Å². The quantitative estimate of drug-likeness (QED) is 0.713. The second kappa shape index (κ2) is 8.09. The molecule has 1 aliphatic carbocycles. The summed E-state index contributed by atoms with van der Waals surface area (Å²) in [6, 6.07) is 6.25. The maximum atomic E-state index is 15.0. The van der Waals surface area contributed by atoms with Crippen molar-refractivity contribution in [3.63, 3.8) is 0 Å². The van der Waals surface area contributed by atoms with Crippen molar-refractivity contribution in [1.82, 2.24) is 9.62 Å². The number of halogens is 2. The summed E-state index contributed by atoms with van der Waals surface area (Å²) in [6.45, 7) is 0.185. The first-order chi connectivity index (χ1) is 14.1. The summed E-state index contributed by atoms with van der Waals surface area (Å²) in [6.07, 6.45) is 1.29. The number of hydrogen-bond acceptors (Lipinski definition) is 4. The lowest BCUT2D eigenvalue weighted by molar-refractivity contribution is -0.168. The maximum Gasteiger partial charge on any atom is 0.274 e. The van der Waals surface area contributed by atoms with Crippen LogP contribution in [0.2, 0.25) is 0 Å². The van der Waals surface area contributed by atoms with E-state index in [2.05, 4.69) is 10.6 Å². The summed E-state index contributed by atoms with van der Waals surface area (Å²) in [5, 5.41) is 0. The van der Waals surface area contributed by atoms with Gasteiger partial charge in [0, 0.05) is 35.0 Å². The van der Waals surface area contributed by atoms with Gasteiger partial charge in [-0.2, -0.15) is 0 Å². The summed E-state index contributed by atoms with van der Waals surface area (Å²) in [5.41, 5.74) is 0.711. The van der Waals surface area contributed by atoms with Crippen molar-refractivity contribution in [3.8, 4) is 5.75 Å². The van der Waals surface area contributed by atoms with E-state index >= 15 is 0 Å². The smallest absolute Gasteiger partial charge is 0.274 e. The molecule has 3 unspecified atom stereocenters. The first-order valence-corrected chi connectivity index (χ1v) is 12.4. The lowest BCUT2D eigenvalue weighted by Crippen LogP contribution is -2.51. The van der Waals surface area contributed by atoms with Crippen LogP contribution in [0.15, 0.2) is 24.3 Å². The van der Waals surface area contributed by atoms with Gasteiger partial charge in [0.25, 0.3) is 11.8 Å². The molecule has 1 amide bonds. The molecule has 1 saturated carbocycles. The predicted octanol–water partition coefficient (Wildman–Crippen LogP) is 2.19. The average Bonchev–Trinajstić information content (AvgIpc) is 3.05. The number of hydrogen-bond donors (Lipinski definition) is 1. The number of alkyl halides is 2. The Morgan fingerprint density at radius 3 is 2.77 bits per heavy atom. The Hall–Kier alpha value is -1.71. The molecule has 1 aromatic carbocycles. The zero-order valence-electron chi connectivity index (χ0n) is 17.0. The molecule has 2 fully saturated rings. The number of amides is 1. The number of rotatable bonds is 2. The van der Waals surface area contributed by atoms with Crippen molar-refractivity contribution in [1.29, 1.82) is 0 Å². The summed E-state index contributed by atoms with van der Waals surface area (Å²) in [4.78, 5) is 14.5. The van der Waals surface area contributed by atoms with Crippen molar-refractivity contribution < 1.29 is 27.3 Å². The minimum atomic E-state index is -2.98. The standard InChI is InChI=1S/C21H28F2N2O4S/c1-30(2,27)24-16-9-10-25-17(16)12-29-19-8-7-14(11-21(19,22)23)15-5-3-4-6-18(15)28-13-20(25)26/h3-6,14,16-17,19H,1,7-13H2,2H3,(H,24,27)/t14?,16-,17?,19-,30?/m0/s1. The highest BCUT2D eigenvalue weighted by molar-refractivity contribution is 7.97. The number of carbonyl (C=O) groups excluding carboxylic acids is 1. The number of benzene rings is 1. The molecule has 4 aliphatic rings. The lowest BCUT2D eigenvalue weighted by atomic mass is 9.80. The van der Waals surface area contributed by atoms with E-state index in [1.807, 2.05) is 0 Å². The van der Waals surface area contributed by atoms with Gasteiger partial charge in [-0.15, -0.1) is 0 Å². The van der Waals surface area contributed by atoms with Gasteiger partial charge in [0.1, 0.15) is 11.9 Å². The SMILES string of the molecule is C=S(C)(=O)N[C@H]1CCN2C(=O)COc3ccccc3C3CC[C@H](OCC12)C(F)(F)C3. The predicted molar refractivity (Wildman–Crippen MR) is 111 cm³/mol. The molecule has 1 saturated heterocycles. The summed E-state index contributed by atoms with van der Waals surface area (Å²) < 4.78 is 56.6. The van der Waals surface area contributed by atoms with Gasteiger partial charge in [0.05, 0.1) is 12.6 Å². The van der Waals surface area contributed by atoms with E-state index in [4.69, 9.17) is 9.47 Å². The van der Waals surface area contributed by atoms with Gasteiger partial charge in [0.15, 0.2) is 6.61 Å². The number of ether oxygens (including phenoxy) is 2. The van der Waals surface area contributed by atoms with Gasteiger partial charge in [-0.25, -0.2) is 13.5 Å². The number of fused-ring (bicyclic) bond motifs is 5. The zero-order valence-corrected chi connectivity index (χ0v) is 17.8. The van der Waals surface area contributed by atoms with Crippen LogP contribution in [0.4, 0.5) is 8.78 Å². The summed E-state index contributed by atoms with van der Waals surface area (Å²) in [7, 11) is -2.53. The van der Waals surface area contributed by atoms with Crippen molar-refractivity contribution in [3.05, 3.63) is 29.8 Å². The van der Waals surface area contributed by atoms with Crippen LogP contribution in [0.3, 0.4) is 0 Å². The molecule has 0 aromatic heterocycles. The van der Waals surface area contributed by atoms with Gasteiger partial charge < -0.3 is 14.4 Å². The number of nitrogens with zero attached hydrogens (tertiary/aromatic N) is 1. The van der Waals surface area contributed by atoms with Crippen LogP contribution in [-0.2, 0) is 19.2 Å². The van der Waals surface area contributed by atoms with Crippen LogP contribution in [0, 0.1) is 0 Å². The highest BCUT2D eigenvalue weighted by Crippen LogP contribution is 2.45. The zero-order chi connectivity index (χ0) is 21.5. The average molecular weight is 443 g/mol. The van der Waals surface area contributed by atoms with E-state index < -0.39 is 27.8 Å². The van der Waals surface area contributed by atoms with Crippen LogP contribution < -0.4 is 9.46 Å². The molecule has 1 aromatic rings. The largest absolute Gasteiger partial charge is 0.483 e. The minimum absolute atomic E-state index is 0.0448. The first-order valence-electron chi connectivity index (χ1n) is 10.2. The Labute approximate surface area is 176 Å². The molecule has 5 rings (SSSR count). The molecule has 9 heteroatoms. The van der Waals surface area contributed by atoms with E-state index in [9.17, 15) is 17.8 Å². The van der Waals surface area contributed by atoms with Crippen LogP contribution in [0.1, 0.15) is 37.2 Å². The number of para-hydroxylation sites is 1. The molecule has 166 valence electrons. The fourth-order valence-corrected chi connectivity index (χ4v) is 5.73. The molecule has 3 heterocycles. The Bertz CT molecular complexity index is 908. The Morgan fingerprint density at radius 2 is 2.03 bits per heavy atom. The maximum absolute atomic E-state index is 15.0. The van der Waals surface area contributed by atoms with Crippen molar-refractivity contribution in [2.24, 2.45) is 0 Å². The third-order valence-corrected chi connectivity index (χ3v) is 7.01. The van der Waals surface area contributed by atoms with Gasteiger partial charge in [0.2, 0.25) is 0 Å². The highest BCUT2D eigenvalue weighted by Gasteiger charge is 2.48. The van der Waals surface area contributed by atoms with Crippen molar-refractivity contribution in [2.45, 2.75) is 55.7 Å². The normalized spacial score (nSPS) is 33.3. The molecule has 2 bridgehead atoms. The molecule has 1 N–H and O–H groups in total. The van der Waals surface area contributed by atoms with Crippen molar-refractivity contribution >= 4 is 21.5 Å². The van der Waals surface area contributed by atoms with Gasteiger partial charge in [-0.3, -0.25) is 9.00 Å². The molecule has 0 spiro atoms. The molecule has 0 radical (unpaired) electrons. The lowest BCUT2D eigenvalue weighted by Gasteiger charge is -2.37. The third-order valence-electron chi connectivity index (χ3n) is 6.21. The Morgan fingerprint density at radius 1 is 1.27 bits per heavy atom. The van der Waals surface area contributed by atoms with E-state index in [0.29, 0.717) is 30.7 Å². The van der Waals surface area contributed by atoms with E-state index in [1.54, 1.807) is 29.2 Å². The van der Waals surface area contributed by atoms with Gasteiger partial charge in [-0.1, -0.05) is 18.2 Å². The van der Waals surface area contributed by atoms with Gasteiger partial charge >= 0.3 is 0 Å². The topological polar surface area (TPSA) is 67.9 Å². The summed E-state index contributed by atoms with van der Waals surface area (Å²) >= 11 is 0. The fourth-order valence-electron chi connectivity index (χ4n) is 4.81. The van der Waals surface area contributed by atoms with E-state index in [1.165, 1.54) is 6.26 Å². The van der Waals surface area contributed by atoms with Crippen LogP contribution >= 0.6 is 0 Å². The second-order valence-electron chi connectivity index (χ2n) is 8.56. The Kier molecular flexibility index (Phi) is 5.80. The molecule has 3 aliphatic heterocycles. The molecule has 5 atom stereocenters. The molecular weight excluding hydrogens is 414 g/mol. The Balaban J connectivity index is 1.66.